The van der Waals surface area contributed by atoms with Crippen LogP contribution in [0.3, 0.4) is 0 Å². The molecule has 2 aromatic carbocycles. The lowest BCUT2D eigenvalue weighted by Gasteiger charge is -2.32. The average Bonchev–Trinajstić information content (AvgIpc) is 3.91. The van der Waals surface area contributed by atoms with E-state index in [4.69, 9.17) is 32.9 Å². The van der Waals surface area contributed by atoms with Crippen LogP contribution in [0.4, 0.5) is 5.69 Å². The van der Waals surface area contributed by atoms with E-state index in [9.17, 15) is 19.5 Å². The van der Waals surface area contributed by atoms with Crippen molar-refractivity contribution in [1.29, 1.82) is 0 Å². The molecule has 1 saturated heterocycles. The maximum absolute atomic E-state index is 13.8. The number of fused-ring (bicyclic) bond motifs is 3. The molecular weight excluding hydrogens is 777 g/mol. The van der Waals surface area contributed by atoms with Gasteiger partial charge in [0, 0.05) is 93.3 Å². The van der Waals surface area contributed by atoms with Gasteiger partial charge in [-0.15, -0.1) is 0 Å². The fourth-order valence-electron chi connectivity index (χ4n) is 9.89. The van der Waals surface area contributed by atoms with Gasteiger partial charge in [-0.1, -0.05) is 47.5 Å². The Morgan fingerprint density at radius 3 is 2.47 bits per heavy atom. The molecule has 0 radical (unpaired) electrons. The topological polar surface area (TPSA) is 142 Å². The van der Waals surface area contributed by atoms with Crippen LogP contribution in [0.15, 0.2) is 48.7 Å². The van der Waals surface area contributed by atoms with Gasteiger partial charge >= 0.3 is 5.97 Å². The van der Waals surface area contributed by atoms with Crippen molar-refractivity contribution in [3.63, 3.8) is 0 Å². The van der Waals surface area contributed by atoms with E-state index in [1.54, 1.807) is 26.3 Å². The molecule has 0 spiro atoms. The first kappa shape index (κ1) is 40.3. The largest absolute Gasteiger partial charge is 0.496 e. The summed E-state index contributed by atoms with van der Waals surface area (Å²) >= 11 is 14.1. The molecule has 3 N–H and O–H groups in total. The van der Waals surface area contributed by atoms with Crippen LogP contribution in [-0.2, 0) is 36.1 Å². The number of ether oxygens (including phenoxy) is 1. The SMILES string of the molecule is COc1cc(-c2nccc(-c3cccc(NC(=O)c4nc5c(n4C)CCN(CCC46CCC(C(=O)O)(CC4)C6)C5)c3Cl)c2Cl)ccc1CNC1CCN(C(C)=O)CC1. The number of pyridine rings is 1. The van der Waals surface area contributed by atoms with Crippen LogP contribution in [-0.4, -0.2) is 86.6 Å². The number of carbonyl (C=O) groups excluding carboxylic acids is 2. The first-order valence-corrected chi connectivity index (χ1v) is 21.1. The minimum Gasteiger partial charge on any atom is -0.496 e. The number of imidazole rings is 1. The molecule has 58 heavy (non-hydrogen) atoms. The maximum atomic E-state index is 13.8. The summed E-state index contributed by atoms with van der Waals surface area (Å²) in [6.45, 7) is 6.19. The van der Waals surface area contributed by atoms with Gasteiger partial charge in [-0.05, 0) is 81.5 Å². The van der Waals surface area contributed by atoms with Crippen molar-refractivity contribution >= 4 is 46.7 Å². The summed E-state index contributed by atoms with van der Waals surface area (Å²) in [5.74, 6) is 0.179. The number of benzene rings is 2. The smallest absolute Gasteiger partial charge is 0.309 e. The number of nitrogens with one attached hydrogen (secondary N) is 2. The van der Waals surface area contributed by atoms with Crippen LogP contribution in [0.25, 0.3) is 22.4 Å². The Kier molecular flexibility index (Phi) is 11.3. The number of carboxylic acids is 1. The molecular formula is C44H51Cl2N7O5. The molecule has 4 aromatic rings. The molecule has 12 nitrogen and oxygen atoms in total. The predicted octanol–water partition coefficient (Wildman–Crippen LogP) is 7.60. The minimum absolute atomic E-state index is 0.123. The molecule has 14 heteroatoms. The molecule has 2 bridgehead atoms. The zero-order valence-corrected chi connectivity index (χ0v) is 34.9. The number of anilines is 1. The van der Waals surface area contributed by atoms with Gasteiger partial charge in [-0.3, -0.25) is 24.3 Å². The number of hydrogen-bond acceptors (Lipinski definition) is 8. The number of carboxylic acid groups (broad SMARTS) is 1. The number of hydrogen-bond donors (Lipinski definition) is 3. The van der Waals surface area contributed by atoms with E-state index in [0.29, 0.717) is 63.3 Å². The highest BCUT2D eigenvalue weighted by Gasteiger charge is 2.57. The number of amides is 2. The summed E-state index contributed by atoms with van der Waals surface area (Å²) in [5, 5.41) is 17.2. The molecule has 8 rings (SSSR count). The Balaban J connectivity index is 0.934. The van der Waals surface area contributed by atoms with Crippen molar-refractivity contribution in [2.45, 2.75) is 83.8 Å². The second-order valence-corrected chi connectivity index (χ2v) is 17.5. The van der Waals surface area contributed by atoms with E-state index in [-0.39, 0.29) is 17.2 Å². The van der Waals surface area contributed by atoms with Gasteiger partial charge in [0.2, 0.25) is 5.91 Å². The second-order valence-electron chi connectivity index (χ2n) is 16.8. The normalized spacial score (nSPS) is 21.9. The average molecular weight is 829 g/mol. The summed E-state index contributed by atoms with van der Waals surface area (Å²) in [6.07, 6.45) is 9.68. The van der Waals surface area contributed by atoms with E-state index >= 15 is 0 Å². The lowest BCUT2D eigenvalue weighted by atomic mass is 9.80. The monoisotopic (exact) mass is 827 g/mol. The van der Waals surface area contributed by atoms with Crippen molar-refractivity contribution in [2.75, 3.05) is 38.6 Å². The molecule has 2 aromatic heterocycles. The fourth-order valence-corrected chi connectivity index (χ4v) is 10.5. The van der Waals surface area contributed by atoms with Gasteiger partial charge in [0.25, 0.3) is 5.91 Å². The number of piperidine rings is 1. The summed E-state index contributed by atoms with van der Waals surface area (Å²) in [4.78, 5) is 51.2. The van der Waals surface area contributed by atoms with Crippen LogP contribution >= 0.6 is 23.2 Å². The third-order valence-corrected chi connectivity index (χ3v) is 14.2. The van der Waals surface area contributed by atoms with E-state index in [1.165, 1.54) is 0 Å². The number of rotatable bonds is 12. The van der Waals surface area contributed by atoms with E-state index in [0.717, 1.165) is 106 Å². The van der Waals surface area contributed by atoms with E-state index in [2.05, 4.69) is 20.5 Å². The molecule has 2 amide bonds. The summed E-state index contributed by atoms with van der Waals surface area (Å²) < 4.78 is 7.68. The van der Waals surface area contributed by atoms with E-state index in [1.807, 2.05) is 52.9 Å². The fraction of sp³-hybridized carbons (Fsp3) is 0.477. The van der Waals surface area contributed by atoms with Crippen molar-refractivity contribution in [2.24, 2.45) is 17.9 Å². The molecule has 4 aliphatic rings. The molecule has 0 atom stereocenters. The molecule has 2 aliphatic carbocycles. The highest BCUT2D eigenvalue weighted by atomic mass is 35.5. The van der Waals surface area contributed by atoms with Crippen molar-refractivity contribution < 1.29 is 24.2 Å². The summed E-state index contributed by atoms with van der Waals surface area (Å²) in [5.41, 5.74) is 5.71. The number of aromatic nitrogens is 3. The standard InChI is InChI=1S/C44H51Cl2N7O5/c1-27(54)53-20-10-30(11-21-53)48-24-29-8-7-28(23-36(29)58-3)39-38(46)32(9-18-47-39)31-5-4-6-33(37(31)45)50-41(55)40-49-34-25-52(19-12-35(34)51(40)2)22-17-43-13-15-44(26-43,16-14-43)42(56)57/h4-9,18,23,30,48H,10-17,19-22,24-26H2,1-3H3,(H,50,55)(H,56,57). The van der Waals surface area contributed by atoms with Crippen LogP contribution in [0.2, 0.25) is 10.0 Å². The lowest BCUT2D eigenvalue weighted by Crippen LogP contribution is -2.43. The predicted molar refractivity (Wildman–Crippen MR) is 224 cm³/mol. The van der Waals surface area contributed by atoms with Crippen molar-refractivity contribution in [1.82, 2.24) is 29.7 Å². The molecule has 2 saturated carbocycles. The van der Waals surface area contributed by atoms with Gasteiger partial charge in [-0.25, -0.2) is 4.98 Å². The lowest BCUT2D eigenvalue weighted by molar-refractivity contribution is -0.148. The number of methoxy groups -OCH3 is 1. The Morgan fingerprint density at radius 2 is 1.76 bits per heavy atom. The Hall–Kier alpha value is -4.49. The molecule has 2 aliphatic heterocycles. The van der Waals surface area contributed by atoms with Crippen LogP contribution in [0, 0.1) is 10.8 Å². The van der Waals surface area contributed by atoms with E-state index < -0.39 is 11.4 Å². The number of halogens is 2. The third kappa shape index (κ3) is 7.72. The Labute approximate surface area is 349 Å². The number of carbonyl (C=O) groups is 3. The Bertz CT molecular complexity index is 2240. The van der Waals surface area contributed by atoms with Gasteiger partial charge < -0.3 is 29.9 Å². The quantitative estimate of drug-likeness (QED) is 0.132. The summed E-state index contributed by atoms with van der Waals surface area (Å²) in [7, 11) is 3.53. The van der Waals surface area contributed by atoms with Gasteiger partial charge in [0.05, 0.1) is 39.6 Å². The molecule has 306 valence electrons. The third-order valence-electron chi connectivity index (χ3n) is 13.4. The van der Waals surface area contributed by atoms with Gasteiger partial charge in [0.1, 0.15) is 5.75 Å². The Morgan fingerprint density at radius 1 is 1.00 bits per heavy atom. The zero-order valence-electron chi connectivity index (χ0n) is 33.4. The van der Waals surface area contributed by atoms with Crippen molar-refractivity contribution in [3.05, 3.63) is 81.5 Å². The molecule has 0 unspecified atom stereocenters. The maximum Gasteiger partial charge on any atom is 0.309 e. The second kappa shape index (κ2) is 16.3. The molecule has 4 heterocycles. The van der Waals surface area contributed by atoms with Crippen LogP contribution in [0.5, 0.6) is 5.75 Å². The number of nitrogens with zero attached hydrogens (tertiary/aromatic N) is 5. The van der Waals surface area contributed by atoms with Crippen LogP contribution in [0.1, 0.15) is 85.9 Å². The first-order valence-electron chi connectivity index (χ1n) is 20.3. The highest BCUT2D eigenvalue weighted by molar-refractivity contribution is 6.39. The van der Waals surface area contributed by atoms with Crippen LogP contribution < -0.4 is 15.4 Å². The minimum atomic E-state index is -0.624. The number of likely N-dealkylation sites (tertiary alicyclic amines) is 1. The van der Waals surface area contributed by atoms with Gasteiger partial charge in [0.15, 0.2) is 5.82 Å². The molecule has 3 fully saturated rings. The highest BCUT2D eigenvalue weighted by Crippen LogP contribution is 2.63. The zero-order chi connectivity index (χ0) is 40.8. The first-order chi connectivity index (χ1) is 27.9. The number of aliphatic carboxylic acids is 1. The summed E-state index contributed by atoms with van der Waals surface area (Å²) in [6, 6.07) is 13.5. The van der Waals surface area contributed by atoms with Crippen molar-refractivity contribution in [3.8, 4) is 28.1 Å². The van der Waals surface area contributed by atoms with Gasteiger partial charge in [-0.2, -0.15) is 0 Å².